The van der Waals surface area contributed by atoms with Crippen LogP contribution in [0, 0.1) is 0 Å². The third kappa shape index (κ3) is 4.35. The Bertz CT molecular complexity index is 648. The number of amides is 2. The number of nitrogens with one attached hydrogen (secondary N) is 2. The zero-order valence-electron chi connectivity index (χ0n) is 14.1. The van der Waals surface area contributed by atoms with E-state index < -0.39 is 0 Å². The fraction of sp³-hybridized carbons (Fsp3) is 0.444. The highest BCUT2D eigenvalue weighted by Gasteiger charge is 2.20. The molecule has 0 saturated carbocycles. The van der Waals surface area contributed by atoms with Crippen LogP contribution in [-0.2, 0) is 6.54 Å². The van der Waals surface area contributed by atoms with Crippen LogP contribution in [0.5, 0.6) is 0 Å². The molecule has 1 aromatic heterocycles. The minimum absolute atomic E-state index is 0.0227. The summed E-state index contributed by atoms with van der Waals surface area (Å²) in [6.45, 7) is 5.85. The van der Waals surface area contributed by atoms with Gasteiger partial charge in [-0.05, 0) is 38.4 Å². The van der Waals surface area contributed by atoms with Crippen molar-refractivity contribution in [3.05, 3.63) is 48.3 Å². The van der Waals surface area contributed by atoms with Gasteiger partial charge in [0, 0.05) is 19.3 Å². The molecular formula is C18H25N5O. The summed E-state index contributed by atoms with van der Waals surface area (Å²) in [4.78, 5) is 14.8. The van der Waals surface area contributed by atoms with Crippen LogP contribution in [0.25, 0.3) is 0 Å². The second-order valence-corrected chi connectivity index (χ2v) is 6.15. The molecule has 2 amide bonds. The largest absolute Gasteiger partial charge is 0.330 e. The molecule has 3 rings (SSSR count). The van der Waals surface area contributed by atoms with Gasteiger partial charge in [-0.2, -0.15) is 5.10 Å². The highest BCUT2D eigenvalue weighted by molar-refractivity contribution is 5.89. The number of hydrogen-bond donors (Lipinski definition) is 2. The molecule has 0 bridgehead atoms. The van der Waals surface area contributed by atoms with Crippen LogP contribution >= 0.6 is 0 Å². The Hall–Kier alpha value is -2.34. The van der Waals surface area contributed by atoms with Crippen molar-refractivity contribution >= 4 is 11.7 Å². The Labute approximate surface area is 142 Å². The van der Waals surface area contributed by atoms with E-state index in [9.17, 15) is 4.79 Å². The van der Waals surface area contributed by atoms with Crippen molar-refractivity contribution in [2.24, 2.45) is 0 Å². The zero-order valence-corrected chi connectivity index (χ0v) is 14.1. The van der Waals surface area contributed by atoms with E-state index in [1.165, 1.54) is 12.8 Å². The van der Waals surface area contributed by atoms with Gasteiger partial charge in [0.2, 0.25) is 0 Å². The Balaban J connectivity index is 1.64. The van der Waals surface area contributed by atoms with E-state index in [-0.39, 0.29) is 12.1 Å². The summed E-state index contributed by atoms with van der Waals surface area (Å²) in [6, 6.07) is 9.93. The van der Waals surface area contributed by atoms with Gasteiger partial charge in [0.15, 0.2) is 0 Å². The number of aromatic nitrogens is 2. The third-order valence-corrected chi connectivity index (χ3v) is 4.36. The molecule has 2 N–H and O–H groups in total. The Kier molecular flexibility index (Phi) is 5.48. The van der Waals surface area contributed by atoms with E-state index in [1.54, 1.807) is 10.9 Å². The van der Waals surface area contributed by atoms with Gasteiger partial charge in [-0.1, -0.05) is 30.3 Å². The summed E-state index contributed by atoms with van der Waals surface area (Å²) in [5.41, 5.74) is 1.84. The average Bonchev–Trinajstić information content (AvgIpc) is 3.26. The molecule has 128 valence electrons. The molecule has 0 aliphatic carbocycles. The maximum absolute atomic E-state index is 12.4. The van der Waals surface area contributed by atoms with Crippen LogP contribution in [0.1, 0.15) is 31.4 Å². The molecule has 1 aliphatic rings. The summed E-state index contributed by atoms with van der Waals surface area (Å²) in [5, 5.41) is 10.2. The predicted molar refractivity (Wildman–Crippen MR) is 94.9 cm³/mol. The number of hydrogen-bond acceptors (Lipinski definition) is 3. The van der Waals surface area contributed by atoms with Gasteiger partial charge in [0.1, 0.15) is 0 Å². The summed E-state index contributed by atoms with van der Waals surface area (Å²) in [5.74, 6) is 0. The summed E-state index contributed by atoms with van der Waals surface area (Å²) in [7, 11) is 0. The minimum atomic E-state index is -0.196. The number of likely N-dealkylation sites (tertiary alicyclic amines) is 1. The number of rotatable bonds is 6. The van der Waals surface area contributed by atoms with Crippen LogP contribution < -0.4 is 10.6 Å². The Morgan fingerprint density at radius 2 is 2.00 bits per heavy atom. The highest BCUT2D eigenvalue weighted by Crippen LogP contribution is 2.18. The normalized spacial score (nSPS) is 16.0. The fourth-order valence-electron chi connectivity index (χ4n) is 3.07. The van der Waals surface area contributed by atoms with Crippen molar-refractivity contribution in [2.75, 3.05) is 25.0 Å². The highest BCUT2D eigenvalue weighted by atomic mass is 16.2. The van der Waals surface area contributed by atoms with E-state index in [1.807, 2.05) is 31.3 Å². The van der Waals surface area contributed by atoms with Gasteiger partial charge in [-0.15, -0.1) is 0 Å². The van der Waals surface area contributed by atoms with E-state index in [2.05, 4.69) is 32.8 Å². The molecule has 1 atom stereocenters. The van der Waals surface area contributed by atoms with Crippen molar-refractivity contribution < 1.29 is 4.79 Å². The molecule has 1 fully saturated rings. The molecule has 2 heterocycles. The molecule has 6 heteroatoms. The second-order valence-electron chi connectivity index (χ2n) is 6.15. The lowest BCUT2D eigenvalue weighted by Gasteiger charge is -2.25. The van der Waals surface area contributed by atoms with Crippen molar-refractivity contribution in [2.45, 2.75) is 32.4 Å². The van der Waals surface area contributed by atoms with E-state index in [0.717, 1.165) is 31.7 Å². The monoisotopic (exact) mass is 327 g/mol. The van der Waals surface area contributed by atoms with Crippen molar-refractivity contribution in [1.82, 2.24) is 20.0 Å². The standard InChI is InChI=1S/C18H25N5O/c1-2-23-13-16(12-19-23)20-18(24)21-17(14-22-10-6-7-11-22)15-8-4-3-5-9-15/h3-5,8-9,12-13,17H,2,6-7,10-11,14H2,1H3,(H2,20,21,24)/t17-/m1/s1. The quantitative estimate of drug-likeness (QED) is 0.857. The molecular weight excluding hydrogens is 302 g/mol. The third-order valence-electron chi connectivity index (χ3n) is 4.36. The molecule has 1 aromatic carbocycles. The van der Waals surface area contributed by atoms with Gasteiger partial charge in [0.25, 0.3) is 0 Å². The number of carbonyl (C=O) groups excluding carboxylic acids is 1. The number of anilines is 1. The van der Waals surface area contributed by atoms with Crippen LogP contribution in [0.3, 0.4) is 0 Å². The molecule has 2 aromatic rings. The number of nitrogens with zero attached hydrogens (tertiary/aromatic N) is 3. The first kappa shape index (κ1) is 16.5. The van der Waals surface area contributed by atoms with Crippen LogP contribution in [0.2, 0.25) is 0 Å². The molecule has 6 nitrogen and oxygen atoms in total. The lowest BCUT2D eigenvalue weighted by molar-refractivity contribution is 0.240. The van der Waals surface area contributed by atoms with E-state index in [4.69, 9.17) is 0 Å². The molecule has 0 unspecified atom stereocenters. The topological polar surface area (TPSA) is 62.2 Å². The zero-order chi connectivity index (χ0) is 16.8. The second kappa shape index (κ2) is 7.97. The maximum atomic E-state index is 12.4. The molecule has 1 aliphatic heterocycles. The SMILES string of the molecule is CCn1cc(NC(=O)N[C@H](CN2CCCC2)c2ccccc2)cn1. The molecule has 0 spiro atoms. The van der Waals surface area contributed by atoms with Crippen LogP contribution in [0.4, 0.5) is 10.5 Å². The molecule has 1 saturated heterocycles. The summed E-state index contributed by atoms with van der Waals surface area (Å²) >= 11 is 0. The summed E-state index contributed by atoms with van der Waals surface area (Å²) < 4.78 is 1.79. The Morgan fingerprint density at radius 3 is 2.67 bits per heavy atom. The molecule has 0 radical (unpaired) electrons. The van der Waals surface area contributed by atoms with Gasteiger partial charge in [-0.25, -0.2) is 4.79 Å². The van der Waals surface area contributed by atoms with E-state index >= 15 is 0 Å². The first-order valence-corrected chi connectivity index (χ1v) is 8.62. The summed E-state index contributed by atoms with van der Waals surface area (Å²) in [6.07, 6.45) is 5.98. The lowest BCUT2D eigenvalue weighted by Crippen LogP contribution is -2.39. The van der Waals surface area contributed by atoms with Gasteiger partial charge in [-0.3, -0.25) is 4.68 Å². The van der Waals surface area contributed by atoms with Crippen LogP contribution in [0.15, 0.2) is 42.7 Å². The lowest BCUT2D eigenvalue weighted by atomic mass is 10.1. The molecule has 24 heavy (non-hydrogen) atoms. The average molecular weight is 327 g/mol. The number of carbonyl (C=O) groups is 1. The van der Waals surface area contributed by atoms with Crippen molar-refractivity contribution in [1.29, 1.82) is 0 Å². The predicted octanol–water partition coefficient (Wildman–Crippen LogP) is 2.86. The number of urea groups is 1. The first-order valence-electron chi connectivity index (χ1n) is 8.62. The number of benzene rings is 1. The minimum Gasteiger partial charge on any atom is -0.330 e. The maximum Gasteiger partial charge on any atom is 0.319 e. The van der Waals surface area contributed by atoms with Gasteiger partial charge >= 0.3 is 6.03 Å². The first-order chi connectivity index (χ1) is 11.7. The van der Waals surface area contributed by atoms with Crippen LogP contribution in [-0.4, -0.2) is 40.3 Å². The van der Waals surface area contributed by atoms with Gasteiger partial charge in [0.05, 0.1) is 17.9 Å². The Morgan fingerprint density at radius 1 is 1.25 bits per heavy atom. The number of aryl methyl sites for hydroxylation is 1. The van der Waals surface area contributed by atoms with Crippen molar-refractivity contribution in [3.63, 3.8) is 0 Å². The van der Waals surface area contributed by atoms with Gasteiger partial charge < -0.3 is 15.5 Å². The smallest absolute Gasteiger partial charge is 0.319 e. The van der Waals surface area contributed by atoms with Crippen molar-refractivity contribution in [3.8, 4) is 0 Å². The van der Waals surface area contributed by atoms with E-state index in [0.29, 0.717) is 5.69 Å². The fourth-order valence-corrected chi connectivity index (χ4v) is 3.07.